The molecule has 5 heteroatoms. The fourth-order valence-electron chi connectivity index (χ4n) is 1.13. The van der Waals surface area contributed by atoms with Crippen molar-refractivity contribution in [1.29, 1.82) is 0 Å². The van der Waals surface area contributed by atoms with Crippen molar-refractivity contribution in [3.05, 3.63) is 18.3 Å². The topological polar surface area (TPSA) is 51.7 Å². The van der Waals surface area contributed by atoms with E-state index in [0.29, 0.717) is 11.6 Å². The molecule has 0 atom stereocenters. The molecular weight excluding hydrogens is 220 g/mol. The Morgan fingerprint density at radius 2 is 2.00 bits per heavy atom. The number of pyridine rings is 1. The van der Waals surface area contributed by atoms with E-state index in [1.807, 2.05) is 20.8 Å². The highest BCUT2D eigenvalue weighted by molar-refractivity contribution is 5.86. The number of rotatable bonds is 2. The number of hydrogen-bond donors (Lipinski definition) is 0. The summed E-state index contributed by atoms with van der Waals surface area (Å²) in [5.74, 6) is 0.506. The summed E-state index contributed by atoms with van der Waals surface area (Å²) in [4.78, 5) is 17.2. The molecule has 0 aliphatic carbocycles. The van der Waals surface area contributed by atoms with Crippen molar-refractivity contribution in [1.82, 2.24) is 4.98 Å². The van der Waals surface area contributed by atoms with Gasteiger partial charge in [-0.05, 0) is 26.8 Å². The Hall–Kier alpha value is -1.78. The molecule has 0 aromatic carbocycles. The zero-order valence-corrected chi connectivity index (χ0v) is 10.9. The average Bonchev–Trinajstić information content (AvgIpc) is 2.26. The van der Waals surface area contributed by atoms with Gasteiger partial charge in [-0.1, -0.05) is 0 Å². The van der Waals surface area contributed by atoms with Gasteiger partial charge in [0.15, 0.2) is 0 Å². The van der Waals surface area contributed by atoms with E-state index in [4.69, 9.17) is 9.47 Å². The van der Waals surface area contributed by atoms with Gasteiger partial charge in [-0.25, -0.2) is 9.78 Å². The van der Waals surface area contributed by atoms with Crippen molar-refractivity contribution in [2.45, 2.75) is 26.4 Å². The highest BCUT2D eigenvalue weighted by Gasteiger charge is 2.20. The molecule has 0 saturated carbocycles. The molecular formula is C12H18N2O3. The maximum atomic E-state index is 11.8. The maximum absolute atomic E-state index is 11.8. The first-order chi connectivity index (χ1) is 7.83. The van der Waals surface area contributed by atoms with Crippen molar-refractivity contribution in [3.63, 3.8) is 0 Å². The Balaban J connectivity index is 2.74. The van der Waals surface area contributed by atoms with Gasteiger partial charge in [0.2, 0.25) is 5.88 Å². The minimum atomic E-state index is -0.509. The van der Waals surface area contributed by atoms with Crippen molar-refractivity contribution >= 4 is 11.8 Å². The lowest BCUT2D eigenvalue weighted by molar-refractivity contribution is 0.0589. The number of anilines is 1. The van der Waals surface area contributed by atoms with Crippen LogP contribution < -0.4 is 9.64 Å². The second-order valence-electron chi connectivity index (χ2n) is 4.60. The number of nitrogens with zero attached hydrogens (tertiary/aromatic N) is 2. The third-order valence-electron chi connectivity index (χ3n) is 1.98. The Bertz CT molecular complexity index is 382. The van der Waals surface area contributed by atoms with Crippen molar-refractivity contribution in [2.75, 3.05) is 19.1 Å². The van der Waals surface area contributed by atoms with Crippen LogP contribution in [0, 0.1) is 0 Å². The third-order valence-corrected chi connectivity index (χ3v) is 1.98. The van der Waals surface area contributed by atoms with Crippen molar-refractivity contribution < 1.29 is 14.3 Å². The largest absolute Gasteiger partial charge is 0.481 e. The SMILES string of the molecule is COc1ccc(N(C)C(=O)OC(C)(C)C)cn1. The molecule has 0 saturated heterocycles. The fourth-order valence-corrected chi connectivity index (χ4v) is 1.13. The maximum Gasteiger partial charge on any atom is 0.414 e. The quantitative estimate of drug-likeness (QED) is 0.794. The summed E-state index contributed by atoms with van der Waals surface area (Å²) in [7, 11) is 3.18. The molecule has 0 spiro atoms. The zero-order valence-electron chi connectivity index (χ0n) is 10.9. The number of hydrogen-bond acceptors (Lipinski definition) is 4. The van der Waals surface area contributed by atoms with Gasteiger partial charge >= 0.3 is 6.09 Å². The van der Waals surface area contributed by atoms with Crippen LogP contribution in [-0.4, -0.2) is 30.8 Å². The van der Waals surface area contributed by atoms with Crippen LogP contribution in [0.3, 0.4) is 0 Å². The smallest absolute Gasteiger partial charge is 0.414 e. The normalized spacial score (nSPS) is 10.9. The van der Waals surface area contributed by atoms with Crippen LogP contribution in [0.4, 0.5) is 10.5 Å². The Kier molecular flexibility index (Phi) is 3.93. The predicted molar refractivity (Wildman–Crippen MR) is 65.4 cm³/mol. The summed E-state index contributed by atoms with van der Waals surface area (Å²) >= 11 is 0. The van der Waals surface area contributed by atoms with Crippen LogP contribution in [0.2, 0.25) is 0 Å². The standard InChI is InChI=1S/C12H18N2O3/c1-12(2,3)17-11(15)14(4)9-6-7-10(16-5)13-8-9/h6-8H,1-5H3. The van der Waals surface area contributed by atoms with E-state index in [9.17, 15) is 4.79 Å². The average molecular weight is 238 g/mol. The zero-order chi connectivity index (χ0) is 13.1. The fraction of sp³-hybridized carbons (Fsp3) is 0.500. The van der Waals surface area contributed by atoms with E-state index in [2.05, 4.69) is 4.98 Å². The number of aromatic nitrogens is 1. The summed E-state index contributed by atoms with van der Waals surface area (Å²) in [5, 5.41) is 0. The highest BCUT2D eigenvalue weighted by atomic mass is 16.6. The van der Waals surface area contributed by atoms with Gasteiger partial charge < -0.3 is 9.47 Å². The van der Waals surface area contributed by atoms with Gasteiger partial charge in [-0.2, -0.15) is 0 Å². The molecule has 1 amide bonds. The number of amides is 1. The molecule has 0 radical (unpaired) electrons. The molecule has 94 valence electrons. The summed E-state index contributed by atoms with van der Waals surface area (Å²) < 4.78 is 10.2. The molecule has 17 heavy (non-hydrogen) atoms. The van der Waals surface area contributed by atoms with Crippen LogP contribution in [0.1, 0.15) is 20.8 Å². The molecule has 0 aliphatic rings. The molecule has 5 nitrogen and oxygen atoms in total. The predicted octanol–water partition coefficient (Wildman–Crippen LogP) is 2.46. The lowest BCUT2D eigenvalue weighted by Crippen LogP contribution is -2.34. The molecule has 0 N–H and O–H groups in total. The molecule has 1 aromatic heterocycles. The van der Waals surface area contributed by atoms with Crippen LogP contribution in [0.5, 0.6) is 5.88 Å². The Morgan fingerprint density at radius 1 is 1.35 bits per heavy atom. The summed E-state index contributed by atoms with van der Waals surface area (Å²) in [6.07, 6.45) is 1.15. The summed E-state index contributed by atoms with van der Waals surface area (Å²) in [5.41, 5.74) is 0.144. The first-order valence-corrected chi connectivity index (χ1v) is 5.30. The van der Waals surface area contributed by atoms with Crippen molar-refractivity contribution in [2.24, 2.45) is 0 Å². The van der Waals surface area contributed by atoms with E-state index >= 15 is 0 Å². The number of ether oxygens (including phenoxy) is 2. The summed E-state index contributed by atoms with van der Waals surface area (Å²) in [6, 6.07) is 3.44. The summed E-state index contributed by atoms with van der Waals surface area (Å²) in [6.45, 7) is 5.47. The van der Waals surface area contributed by atoms with Crippen LogP contribution in [0.15, 0.2) is 18.3 Å². The van der Waals surface area contributed by atoms with Gasteiger partial charge in [-0.15, -0.1) is 0 Å². The number of methoxy groups -OCH3 is 1. The van der Waals surface area contributed by atoms with Gasteiger partial charge in [0, 0.05) is 13.1 Å². The van der Waals surface area contributed by atoms with Crippen LogP contribution in [0.25, 0.3) is 0 Å². The van der Waals surface area contributed by atoms with Gasteiger partial charge in [0.05, 0.1) is 19.0 Å². The van der Waals surface area contributed by atoms with E-state index in [-0.39, 0.29) is 0 Å². The second-order valence-corrected chi connectivity index (χ2v) is 4.60. The molecule has 1 heterocycles. The van der Waals surface area contributed by atoms with Gasteiger partial charge in [-0.3, -0.25) is 4.90 Å². The molecule has 0 unspecified atom stereocenters. The Morgan fingerprint density at radius 3 is 2.41 bits per heavy atom. The minimum Gasteiger partial charge on any atom is -0.481 e. The van der Waals surface area contributed by atoms with Gasteiger partial charge in [0.25, 0.3) is 0 Å². The third kappa shape index (κ3) is 3.94. The lowest BCUT2D eigenvalue weighted by Gasteiger charge is -2.24. The minimum absolute atomic E-state index is 0.413. The van der Waals surface area contributed by atoms with Crippen LogP contribution in [-0.2, 0) is 4.74 Å². The molecule has 1 rings (SSSR count). The second kappa shape index (κ2) is 5.03. The molecule has 0 bridgehead atoms. The van der Waals surface area contributed by atoms with Crippen molar-refractivity contribution in [3.8, 4) is 5.88 Å². The number of carbonyl (C=O) groups excluding carboxylic acids is 1. The van der Waals surface area contributed by atoms with Gasteiger partial charge in [0.1, 0.15) is 5.60 Å². The van der Waals surface area contributed by atoms with E-state index in [1.54, 1.807) is 32.5 Å². The van der Waals surface area contributed by atoms with E-state index < -0.39 is 11.7 Å². The number of carbonyl (C=O) groups is 1. The monoisotopic (exact) mass is 238 g/mol. The van der Waals surface area contributed by atoms with E-state index in [0.717, 1.165) is 0 Å². The highest BCUT2D eigenvalue weighted by Crippen LogP contribution is 2.17. The van der Waals surface area contributed by atoms with E-state index in [1.165, 1.54) is 4.90 Å². The lowest BCUT2D eigenvalue weighted by atomic mass is 10.2. The molecule has 1 aromatic rings. The Labute approximate surface area is 101 Å². The first-order valence-electron chi connectivity index (χ1n) is 5.30. The van der Waals surface area contributed by atoms with Crippen LogP contribution >= 0.6 is 0 Å². The molecule has 0 aliphatic heterocycles. The molecule has 0 fully saturated rings. The first kappa shape index (κ1) is 13.3.